The van der Waals surface area contributed by atoms with Crippen molar-refractivity contribution < 1.29 is 9.53 Å². The zero-order chi connectivity index (χ0) is 15.0. The fraction of sp³-hybridized carbons (Fsp3) is 0.267. The maximum absolute atomic E-state index is 12.4. The molecule has 1 aliphatic rings. The lowest BCUT2D eigenvalue weighted by Crippen LogP contribution is -2.34. The maximum Gasteiger partial charge on any atom is 0.265 e. The number of amides is 1. The summed E-state index contributed by atoms with van der Waals surface area (Å²) >= 11 is 13.6. The van der Waals surface area contributed by atoms with Gasteiger partial charge in [-0.05, 0) is 42.0 Å². The molecule has 1 saturated carbocycles. The van der Waals surface area contributed by atoms with Gasteiger partial charge in [-0.1, -0.05) is 29.3 Å². The molecule has 6 heteroatoms. The highest BCUT2D eigenvalue weighted by molar-refractivity contribution is 7.12. The second-order valence-corrected chi connectivity index (χ2v) is 6.74. The number of hydrogen-bond donors (Lipinski definition) is 1. The average Bonchev–Trinajstić information content (AvgIpc) is 3.04. The highest BCUT2D eigenvalue weighted by atomic mass is 35.5. The number of nitrogens with one attached hydrogen (secondary N) is 1. The number of methoxy groups -OCH3 is 1. The van der Waals surface area contributed by atoms with Crippen LogP contribution < -0.4 is 10.1 Å². The molecular formula is C15H13Cl2NO2S. The Balaban J connectivity index is 1.85. The fourth-order valence-electron chi connectivity index (χ4n) is 2.36. The Hall–Kier alpha value is -1.23. The summed E-state index contributed by atoms with van der Waals surface area (Å²) in [6, 6.07) is 7.16. The number of thiophene rings is 1. The lowest BCUT2D eigenvalue weighted by Gasteiger charge is -2.19. The van der Waals surface area contributed by atoms with E-state index < -0.39 is 0 Å². The zero-order valence-electron chi connectivity index (χ0n) is 11.3. The molecule has 1 aliphatic carbocycles. The SMILES string of the molecule is COc1ccsc1C(=O)NC1(c2ccc(Cl)cc2Cl)CC1. The Morgan fingerprint density at radius 3 is 2.71 bits per heavy atom. The zero-order valence-corrected chi connectivity index (χ0v) is 13.6. The van der Waals surface area contributed by atoms with Crippen LogP contribution in [0.4, 0.5) is 0 Å². The minimum Gasteiger partial charge on any atom is -0.495 e. The highest BCUT2D eigenvalue weighted by Crippen LogP contribution is 2.48. The van der Waals surface area contributed by atoms with E-state index in [0.717, 1.165) is 18.4 Å². The molecule has 110 valence electrons. The third-order valence-electron chi connectivity index (χ3n) is 3.60. The molecule has 1 amide bonds. The van der Waals surface area contributed by atoms with Gasteiger partial charge in [0.2, 0.25) is 0 Å². The van der Waals surface area contributed by atoms with Crippen LogP contribution in [0, 0.1) is 0 Å². The molecule has 1 heterocycles. The number of ether oxygens (including phenoxy) is 1. The Kier molecular flexibility index (Phi) is 3.86. The van der Waals surface area contributed by atoms with Gasteiger partial charge in [0, 0.05) is 10.0 Å². The second-order valence-electron chi connectivity index (χ2n) is 4.98. The number of benzene rings is 1. The molecule has 3 rings (SSSR count). The molecule has 0 aliphatic heterocycles. The quantitative estimate of drug-likeness (QED) is 0.890. The Morgan fingerprint density at radius 2 is 2.10 bits per heavy atom. The first-order chi connectivity index (χ1) is 10.1. The molecule has 0 spiro atoms. The molecular weight excluding hydrogens is 329 g/mol. The van der Waals surface area contributed by atoms with Gasteiger partial charge >= 0.3 is 0 Å². The van der Waals surface area contributed by atoms with Crippen LogP contribution in [0.25, 0.3) is 0 Å². The van der Waals surface area contributed by atoms with Gasteiger partial charge in [0.1, 0.15) is 10.6 Å². The standard InChI is InChI=1S/C15H13Cl2NO2S/c1-20-12-4-7-21-13(12)14(19)18-15(5-6-15)10-3-2-9(16)8-11(10)17/h2-4,7-8H,5-6H2,1H3,(H,18,19). The van der Waals surface area contributed by atoms with Crippen LogP contribution in [0.5, 0.6) is 5.75 Å². The predicted molar refractivity (Wildman–Crippen MR) is 85.7 cm³/mol. The molecule has 1 fully saturated rings. The molecule has 0 bridgehead atoms. The summed E-state index contributed by atoms with van der Waals surface area (Å²) in [6.07, 6.45) is 1.74. The van der Waals surface area contributed by atoms with E-state index in [1.165, 1.54) is 11.3 Å². The van der Waals surface area contributed by atoms with Gasteiger partial charge in [-0.2, -0.15) is 0 Å². The van der Waals surface area contributed by atoms with Crippen molar-refractivity contribution in [3.8, 4) is 5.75 Å². The minimum absolute atomic E-state index is 0.134. The van der Waals surface area contributed by atoms with Crippen LogP contribution >= 0.6 is 34.5 Å². The van der Waals surface area contributed by atoms with E-state index in [2.05, 4.69) is 5.32 Å². The molecule has 1 aromatic carbocycles. The summed E-state index contributed by atoms with van der Waals surface area (Å²) < 4.78 is 5.19. The van der Waals surface area contributed by atoms with Gasteiger partial charge in [-0.3, -0.25) is 4.79 Å². The largest absolute Gasteiger partial charge is 0.495 e. The van der Waals surface area contributed by atoms with Crippen molar-refractivity contribution >= 4 is 40.4 Å². The van der Waals surface area contributed by atoms with Crippen molar-refractivity contribution in [3.05, 3.63) is 50.1 Å². The second kappa shape index (κ2) is 5.52. The molecule has 0 radical (unpaired) electrons. The van der Waals surface area contributed by atoms with Crippen molar-refractivity contribution in [1.82, 2.24) is 5.32 Å². The van der Waals surface area contributed by atoms with E-state index in [4.69, 9.17) is 27.9 Å². The van der Waals surface area contributed by atoms with Gasteiger partial charge in [0.25, 0.3) is 5.91 Å². The van der Waals surface area contributed by atoms with Crippen molar-refractivity contribution in [3.63, 3.8) is 0 Å². The van der Waals surface area contributed by atoms with E-state index in [1.807, 2.05) is 11.4 Å². The Bertz CT molecular complexity index is 695. The Morgan fingerprint density at radius 1 is 1.33 bits per heavy atom. The maximum atomic E-state index is 12.4. The van der Waals surface area contributed by atoms with Gasteiger partial charge < -0.3 is 10.1 Å². The van der Waals surface area contributed by atoms with Gasteiger partial charge in [0.15, 0.2) is 0 Å². The normalized spacial score (nSPS) is 15.6. The van der Waals surface area contributed by atoms with E-state index >= 15 is 0 Å². The lowest BCUT2D eigenvalue weighted by molar-refractivity contribution is 0.0932. The van der Waals surface area contributed by atoms with Gasteiger partial charge in [0.05, 0.1) is 12.6 Å². The van der Waals surface area contributed by atoms with E-state index in [-0.39, 0.29) is 11.4 Å². The molecule has 0 atom stereocenters. The topological polar surface area (TPSA) is 38.3 Å². The number of carbonyl (C=O) groups is 1. The van der Waals surface area contributed by atoms with Crippen LogP contribution in [0.2, 0.25) is 10.0 Å². The number of carbonyl (C=O) groups excluding carboxylic acids is 1. The Labute approximate surface area is 136 Å². The number of rotatable bonds is 4. The summed E-state index contributed by atoms with van der Waals surface area (Å²) in [5.41, 5.74) is 0.533. The molecule has 21 heavy (non-hydrogen) atoms. The van der Waals surface area contributed by atoms with Crippen LogP contribution in [0.15, 0.2) is 29.6 Å². The number of hydrogen-bond acceptors (Lipinski definition) is 3. The monoisotopic (exact) mass is 341 g/mol. The van der Waals surface area contributed by atoms with E-state index in [1.54, 1.807) is 25.3 Å². The first-order valence-electron chi connectivity index (χ1n) is 6.45. The summed E-state index contributed by atoms with van der Waals surface area (Å²) in [7, 11) is 1.56. The van der Waals surface area contributed by atoms with Gasteiger partial charge in [-0.25, -0.2) is 0 Å². The molecule has 2 aromatic rings. The van der Waals surface area contributed by atoms with Crippen molar-refractivity contribution in [2.75, 3.05) is 7.11 Å². The minimum atomic E-state index is -0.381. The number of halogens is 2. The van der Waals surface area contributed by atoms with Crippen molar-refractivity contribution in [2.24, 2.45) is 0 Å². The van der Waals surface area contributed by atoms with Crippen LogP contribution in [0.3, 0.4) is 0 Å². The third kappa shape index (κ3) is 2.76. The van der Waals surface area contributed by atoms with E-state index in [9.17, 15) is 4.79 Å². The van der Waals surface area contributed by atoms with Crippen LogP contribution in [-0.2, 0) is 5.54 Å². The lowest BCUT2D eigenvalue weighted by atomic mass is 10.0. The first-order valence-corrected chi connectivity index (χ1v) is 8.09. The smallest absolute Gasteiger partial charge is 0.265 e. The van der Waals surface area contributed by atoms with Crippen LogP contribution in [-0.4, -0.2) is 13.0 Å². The molecule has 0 saturated heterocycles. The van der Waals surface area contributed by atoms with E-state index in [0.29, 0.717) is 20.7 Å². The predicted octanol–water partition coefficient (Wildman–Crippen LogP) is 4.48. The summed E-state index contributed by atoms with van der Waals surface area (Å²) in [5, 5.41) is 6.09. The summed E-state index contributed by atoms with van der Waals surface area (Å²) in [5.74, 6) is 0.459. The summed E-state index contributed by atoms with van der Waals surface area (Å²) in [4.78, 5) is 13.0. The first kappa shape index (κ1) is 14.7. The fourth-order valence-corrected chi connectivity index (χ4v) is 3.70. The average molecular weight is 342 g/mol. The van der Waals surface area contributed by atoms with Crippen molar-refractivity contribution in [1.29, 1.82) is 0 Å². The summed E-state index contributed by atoms with van der Waals surface area (Å²) in [6.45, 7) is 0. The molecule has 3 nitrogen and oxygen atoms in total. The molecule has 1 N–H and O–H groups in total. The van der Waals surface area contributed by atoms with Crippen LogP contribution in [0.1, 0.15) is 28.1 Å². The molecule has 0 unspecified atom stereocenters. The van der Waals surface area contributed by atoms with Gasteiger partial charge in [-0.15, -0.1) is 11.3 Å². The molecule has 1 aromatic heterocycles. The highest BCUT2D eigenvalue weighted by Gasteiger charge is 2.47. The van der Waals surface area contributed by atoms with Crippen molar-refractivity contribution in [2.45, 2.75) is 18.4 Å². The third-order valence-corrected chi connectivity index (χ3v) is 5.05.